The third-order valence-electron chi connectivity index (χ3n) is 3.45. The van der Waals surface area contributed by atoms with E-state index in [1.807, 2.05) is 11.4 Å². The average molecular weight is 364 g/mol. The zero-order valence-corrected chi connectivity index (χ0v) is 14.3. The van der Waals surface area contributed by atoms with Crippen LogP contribution < -0.4 is 11.1 Å². The van der Waals surface area contributed by atoms with Crippen LogP contribution in [0, 0.1) is 5.92 Å². The Bertz CT molecular complexity index is 585. The number of rotatable bonds is 6. The standard InChI is InChI=1S/C14H17N3O2S.2ClH/c15-6-12(9-1-2-9)17-13(18)5-11-8-20-14(16-11)10-3-4-19-7-10;;/h3-4,7-9,12H,1-2,5-6,15H2,(H,17,18);2*1H. The van der Waals surface area contributed by atoms with E-state index in [-0.39, 0.29) is 36.8 Å². The van der Waals surface area contributed by atoms with E-state index in [0.29, 0.717) is 18.9 Å². The van der Waals surface area contributed by atoms with Gasteiger partial charge in [-0.05, 0) is 24.8 Å². The Morgan fingerprint density at radius 2 is 2.27 bits per heavy atom. The van der Waals surface area contributed by atoms with Crippen molar-refractivity contribution in [1.29, 1.82) is 0 Å². The van der Waals surface area contributed by atoms with Gasteiger partial charge in [0.1, 0.15) is 11.3 Å². The van der Waals surface area contributed by atoms with Crippen molar-refractivity contribution in [2.45, 2.75) is 25.3 Å². The Balaban J connectivity index is 0.00000121. The Kier molecular flexibility index (Phi) is 7.35. The van der Waals surface area contributed by atoms with Gasteiger partial charge < -0.3 is 15.5 Å². The zero-order valence-electron chi connectivity index (χ0n) is 11.9. The van der Waals surface area contributed by atoms with Gasteiger partial charge in [-0.3, -0.25) is 4.79 Å². The number of aromatic nitrogens is 1. The Morgan fingerprint density at radius 1 is 1.50 bits per heavy atom. The molecule has 0 aromatic carbocycles. The largest absolute Gasteiger partial charge is 0.472 e. The third kappa shape index (κ3) is 4.71. The zero-order chi connectivity index (χ0) is 13.9. The molecule has 1 fully saturated rings. The second-order valence-corrected chi connectivity index (χ2v) is 5.94. The summed E-state index contributed by atoms with van der Waals surface area (Å²) >= 11 is 1.52. The summed E-state index contributed by atoms with van der Waals surface area (Å²) in [6.45, 7) is 0.508. The van der Waals surface area contributed by atoms with Crippen molar-refractivity contribution < 1.29 is 9.21 Å². The molecule has 2 heterocycles. The predicted octanol–water partition coefficient (Wildman–Crippen LogP) is 2.64. The molecule has 0 radical (unpaired) electrons. The minimum Gasteiger partial charge on any atom is -0.472 e. The lowest BCUT2D eigenvalue weighted by atomic mass is 10.2. The summed E-state index contributed by atoms with van der Waals surface area (Å²) < 4.78 is 5.03. The first-order valence-corrected chi connectivity index (χ1v) is 7.60. The Hall–Kier alpha value is -1.08. The molecule has 8 heteroatoms. The van der Waals surface area contributed by atoms with Crippen LogP contribution in [-0.2, 0) is 11.2 Å². The molecule has 0 bridgehead atoms. The van der Waals surface area contributed by atoms with E-state index in [4.69, 9.17) is 10.2 Å². The number of amides is 1. The maximum atomic E-state index is 12.0. The van der Waals surface area contributed by atoms with Crippen molar-refractivity contribution in [2.75, 3.05) is 6.54 Å². The van der Waals surface area contributed by atoms with E-state index in [2.05, 4.69) is 10.3 Å². The molecule has 0 aliphatic heterocycles. The van der Waals surface area contributed by atoms with E-state index < -0.39 is 0 Å². The fourth-order valence-corrected chi connectivity index (χ4v) is 3.00. The van der Waals surface area contributed by atoms with Crippen LogP contribution in [0.4, 0.5) is 0 Å². The van der Waals surface area contributed by atoms with E-state index in [1.54, 1.807) is 12.5 Å². The normalized spacial score (nSPS) is 14.6. The molecule has 1 atom stereocenters. The summed E-state index contributed by atoms with van der Waals surface area (Å²) in [7, 11) is 0. The van der Waals surface area contributed by atoms with Gasteiger partial charge in [-0.15, -0.1) is 36.2 Å². The van der Waals surface area contributed by atoms with Crippen LogP contribution in [-0.4, -0.2) is 23.5 Å². The number of carbonyl (C=O) groups excluding carboxylic acids is 1. The monoisotopic (exact) mass is 363 g/mol. The van der Waals surface area contributed by atoms with Crippen LogP contribution in [0.15, 0.2) is 28.4 Å². The lowest BCUT2D eigenvalue weighted by molar-refractivity contribution is -0.121. The van der Waals surface area contributed by atoms with E-state index in [1.165, 1.54) is 24.2 Å². The highest BCUT2D eigenvalue weighted by Crippen LogP contribution is 2.32. The number of hydrogen-bond acceptors (Lipinski definition) is 5. The number of nitrogens with two attached hydrogens (primary N) is 1. The van der Waals surface area contributed by atoms with Crippen LogP contribution in [0.1, 0.15) is 18.5 Å². The van der Waals surface area contributed by atoms with Crippen LogP contribution in [0.3, 0.4) is 0 Å². The number of nitrogens with one attached hydrogen (secondary N) is 1. The second kappa shape index (κ2) is 8.53. The summed E-state index contributed by atoms with van der Waals surface area (Å²) in [5.41, 5.74) is 7.42. The molecule has 122 valence electrons. The maximum absolute atomic E-state index is 12.0. The summed E-state index contributed by atoms with van der Waals surface area (Å²) in [6.07, 6.45) is 5.91. The van der Waals surface area contributed by atoms with Crippen molar-refractivity contribution in [2.24, 2.45) is 11.7 Å². The molecule has 3 rings (SSSR count). The molecule has 22 heavy (non-hydrogen) atoms. The molecule has 2 aromatic heterocycles. The fraction of sp³-hybridized carbons (Fsp3) is 0.429. The minimum absolute atomic E-state index is 0. The Morgan fingerprint density at radius 3 is 2.86 bits per heavy atom. The number of halogens is 2. The van der Waals surface area contributed by atoms with Crippen molar-refractivity contribution in [3.05, 3.63) is 29.7 Å². The SMILES string of the molecule is Cl.Cl.NCC(NC(=O)Cc1csc(-c2ccoc2)n1)C1CC1. The van der Waals surface area contributed by atoms with Gasteiger partial charge in [-0.1, -0.05) is 0 Å². The van der Waals surface area contributed by atoms with Crippen LogP contribution >= 0.6 is 36.2 Å². The number of nitrogens with zero attached hydrogens (tertiary/aromatic N) is 1. The molecule has 1 aliphatic rings. The van der Waals surface area contributed by atoms with Crippen LogP contribution in [0.5, 0.6) is 0 Å². The van der Waals surface area contributed by atoms with Gasteiger partial charge in [0.25, 0.3) is 0 Å². The summed E-state index contributed by atoms with van der Waals surface area (Å²) in [5.74, 6) is 0.567. The van der Waals surface area contributed by atoms with E-state index in [0.717, 1.165) is 16.3 Å². The molecule has 1 saturated carbocycles. The van der Waals surface area contributed by atoms with Gasteiger partial charge in [-0.2, -0.15) is 0 Å². The molecule has 5 nitrogen and oxygen atoms in total. The van der Waals surface area contributed by atoms with Gasteiger partial charge in [0.2, 0.25) is 5.91 Å². The maximum Gasteiger partial charge on any atom is 0.226 e. The fourth-order valence-electron chi connectivity index (χ4n) is 2.20. The number of carbonyl (C=O) groups is 1. The number of hydrogen-bond donors (Lipinski definition) is 2. The number of thiazole rings is 1. The molecule has 1 aliphatic carbocycles. The highest BCUT2D eigenvalue weighted by Gasteiger charge is 2.31. The molecular formula is C14H19Cl2N3O2S. The topological polar surface area (TPSA) is 81.1 Å². The highest BCUT2D eigenvalue weighted by atomic mass is 35.5. The van der Waals surface area contributed by atoms with Crippen molar-refractivity contribution in [1.82, 2.24) is 10.3 Å². The van der Waals surface area contributed by atoms with Gasteiger partial charge >= 0.3 is 0 Å². The molecule has 0 saturated heterocycles. The van der Waals surface area contributed by atoms with E-state index in [9.17, 15) is 4.79 Å². The van der Waals surface area contributed by atoms with Crippen LogP contribution in [0.25, 0.3) is 10.6 Å². The molecule has 1 unspecified atom stereocenters. The van der Waals surface area contributed by atoms with Crippen molar-refractivity contribution >= 4 is 42.1 Å². The first-order chi connectivity index (χ1) is 9.76. The second-order valence-electron chi connectivity index (χ2n) is 5.08. The van der Waals surface area contributed by atoms with Crippen molar-refractivity contribution in [3.8, 4) is 10.6 Å². The van der Waals surface area contributed by atoms with E-state index >= 15 is 0 Å². The molecule has 3 N–H and O–H groups in total. The van der Waals surface area contributed by atoms with Crippen molar-refractivity contribution in [3.63, 3.8) is 0 Å². The van der Waals surface area contributed by atoms with Crippen LogP contribution in [0.2, 0.25) is 0 Å². The predicted molar refractivity (Wildman–Crippen MR) is 91.7 cm³/mol. The third-order valence-corrected chi connectivity index (χ3v) is 4.39. The summed E-state index contributed by atoms with van der Waals surface area (Å²) in [5, 5.41) is 5.79. The highest BCUT2D eigenvalue weighted by molar-refractivity contribution is 7.13. The minimum atomic E-state index is -0.00334. The van der Waals surface area contributed by atoms with Gasteiger partial charge in [0, 0.05) is 23.5 Å². The summed E-state index contributed by atoms with van der Waals surface area (Å²) in [6, 6.07) is 1.98. The first-order valence-electron chi connectivity index (χ1n) is 6.72. The smallest absolute Gasteiger partial charge is 0.226 e. The lowest BCUT2D eigenvalue weighted by Gasteiger charge is -2.15. The molecule has 0 spiro atoms. The molecular weight excluding hydrogens is 345 g/mol. The number of furan rings is 1. The molecule has 2 aromatic rings. The van der Waals surface area contributed by atoms with Gasteiger partial charge in [0.15, 0.2) is 0 Å². The first kappa shape index (κ1) is 19.0. The average Bonchev–Trinajstić information content (AvgIpc) is 2.95. The van der Waals surface area contributed by atoms with Gasteiger partial charge in [0.05, 0.1) is 18.4 Å². The quantitative estimate of drug-likeness (QED) is 0.826. The van der Waals surface area contributed by atoms with Gasteiger partial charge in [-0.25, -0.2) is 4.98 Å². The summed E-state index contributed by atoms with van der Waals surface area (Å²) in [4.78, 5) is 16.4. The Labute approximate surface area is 145 Å². The molecule has 1 amide bonds. The lowest BCUT2D eigenvalue weighted by Crippen LogP contribution is -2.42.